The van der Waals surface area contributed by atoms with Gasteiger partial charge in [0, 0.05) is 0 Å². The summed E-state index contributed by atoms with van der Waals surface area (Å²) in [5.41, 5.74) is 0. The molecule has 0 aliphatic heterocycles. The molecule has 3 nitrogen and oxygen atoms in total. The van der Waals surface area contributed by atoms with Crippen LogP contribution in [0.2, 0.25) is 0 Å². The molecule has 0 unspecified atom stereocenters. The minimum absolute atomic E-state index is 0.0108. The fourth-order valence-corrected chi connectivity index (χ4v) is 7.87. The van der Waals surface area contributed by atoms with Crippen LogP contribution in [0, 0.1) is 0 Å². The normalized spacial score (nSPS) is 12.2. The third-order valence-electron chi connectivity index (χ3n) is 4.58. The summed E-state index contributed by atoms with van der Waals surface area (Å²) in [7, 11) is -2.65. The Balaban J connectivity index is 2.48. The molecule has 0 aliphatic carbocycles. The average molecular weight is 391 g/mol. The van der Waals surface area contributed by atoms with Crippen LogP contribution in [-0.2, 0) is 9.53 Å². The first-order valence-electron chi connectivity index (χ1n) is 9.25. The van der Waals surface area contributed by atoms with Crippen LogP contribution < -0.4 is 15.9 Å². The summed E-state index contributed by atoms with van der Waals surface area (Å²) in [5, 5.41) is 14.0. The summed E-state index contributed by atoms with van der Waals surface area (Å²) < 4.78 is 5.41. The molecule has 1 N–H and O–H groups in total. The standard InChI is InChI=1S/C24H23O3P/c1-3-27-24(26)23(19(2)25)28(20-13-7-4-8-14-20,21-15-9-5-10-16-21)22-17-11-6-12-18-22/h4-18H,3H2,1-2H3/p+1. The molecule has 142 valence electrons. The van der Waals surface area contributed by atoms with Gasteiger partial charge in [0.2, 0.25) is 5.31 Å². The highest BCUT2D eigenvalue weighted by molar-refractivity contribution is 7.99. The highest BCUT2D eigenvalue weighted by Gasteiger charge is 2.54. The van der Waals surface area contributed by atoms with Crippen LogP contribution in [0.15, 0.2) is 102 Å². The zero-order valence-corrected chi connectivity index (χ0v) is 17.0. The van der Waals surface area contributed by atoms with Crippen LogP contribution in [0.25, 0.3) is 0 Å². The molecule has 0 fully saturated rings. The van der Waals surface area contributed by atoms with Crippen molar-refractivity contribution in [3.8, 4) is 0 Å². The maximum atomic E-state index is 13.1. The first-order valence-corrected chi connectivity index (χ1v) is 11.0. The van der Waals surface area contributed by atoms with Gasteiger partial charge in [0.1, 0.15) is 21.7 Å². The maximum Gasteiger partial charge on any atom is 0.378 e. The lowest BCUT2D eigenvalue weighted by molar-refractivity contribution is -0.137. The van der Waals surface area contributed by atoms with Gasteiger partial charge in [-0.05, 0) is 50.2 Å². The predicted molar refractivity (Wildman–Crippen MR) is 117 cm³/mol. The van der Waals surface area contributed by atoms with E-state index in [1.165, 1.54) is 0 Å². The van der Waals surface area contributed by atoms with Gasteiger partial charge in [0.15, 0.2) is 7.26 Å². The van der Waals surface area contributed by atoms with Crippen molar-refractivity contribution in [1.82, 2.24) is 0 Å². The van der Waals surface area contributed by atoms with E-state index >= 15 is 0 Å². The highest BCUT2D eigenvalue weighted by Crippen LogP contribution is 2.63. The largest absolute Gasteiger partial charge is 0.508 e. The van der Waals surface area contributed by atoms with E-state index in [0.29, 0.717) is 5.31 Å². The number of esters is 1. The van der Waals surface area contributed by atoms with E-state index in [4.69, 9.17) is 4.74 Å². The molecule has 0 amide bonds. The topological polar surface area (TPSA) is 46.5 Å². The molecule has 0 saturated heterocycles. The summed E-state index contributed by atoms with van der Waals surface area (Å²) in [6.07, 6.45) is 0. The van der Waals surface area contributed by atoms with Crippen LogP contribution in [-0.4, -0.2) is 17.7 Å². The molecule has 0 aromatic heterocycles. The molecule has 0 bridgehead atoms. The van der Waals surface area contributed by atoms with Gasteiger partial charge >= 0.3 is 5.97 Å². The van der Waals surface area contributed by atoms with Gasteiger partial charge in [-0.15, -0.1) is 0 Å². The number of benzene rings is 3. The Morgan fingerprint density at radius 1 is 0.786 bits per heavy atom. The predicted octanol–water partition coefficient (Wildman–Crippen LogP) is 4.33. The number of ether oxygens (including phenoxy) is 1. The van der Waals surface area contributed by atoms with Gasteiger partial charge in [0.05, 0.1) is 6.61 Å². The number of hydrogen-bond donors (Lipinski definition) is 1. The number of hydrogen-bond acceptors (Lipinski definition) is 3. The molecule has 28 heavy (non-hydrogen) atoms. The van der Waals surface area contributed by atoms with Gasteiger partial charge in [0.25, 0.3) is 0 Å². The Hall–Kier alpha value is -2.90. The Bertz CT molecular complexity index is 850. The van der Waals surface area contributed by atoms with Gasteiger partial charge < -0.3 is 9.84 Å². The van der Waals surface area contributed by atoms with Crippen molar-refractivity contribution in [3.63, 3.8) is 0 Å². The lowest BCUT2D eigenvalue weighted by Gasteiger charge is -2.28. The molecular formula is C24H24O3P+. The molecular weight excluding hydrogens is 367 g/mol. The second-order valence-electron chi connectivity index (χ2n) is 6.33. The third-order valence-corrected chi connectivity index (χ3v) is 8.97. The summed E-state index contributed by atoms with van der Waals surface area (Å²) in [5.74, 6) is -0.490. The highest BCUT2D eigenvalue weighted by atomic mass is 31.2. The fraction of sp³-hybridized carbons (Fsp3) is 0.125. The molecule has 3 rings (SSSR count). The Labute approximate surface area is 166 Å². The smallest absolute Gasteiger partial charge is 0.378 e. The van der Waals surface area contributed by atoms with E-state index in [1.54, 1.807) is 13.8 Å². The summed E-state index contributed by atoms with van der Waals surface area (Å²) in [6, 6.07) is 29.8. The molecule has 0 heterocycles. The van der Waals surface area contributed by atoms with Crippen molar-refractivity contribution in [2.24, 2.45) is 0 Å². The molecule has 3 aromatic rings. The zero-order valence-electron chi connectivity index (χ0n) is 16.1. The van der Waals surface area contributed by atoms with E-state index in [-0.39, 0.29) is 12.4 Å². The van der Waals surface area contributed by atoms with Crippen LogP contribution in [0.4, 0.5) is 0 Å². The lowest BCUT2D eigenvalue weighted by atomic mass is 10.3. The number of aliphatic hydroxyl groups excluding tert-OH is 1. The van der Waals surface area contributed by atoms with Crippen molar-refractivity contribution in [1.29, 1.82) is 0 Å². The lowest BCUT2D eigenvalue weighted by Crippen LogP contribution is -2.35. The second kappa shape index (κ2) is 8.86. The molecule has 0 atom stereocenters. The minimum Gasteiger partial charge on any atom is -0.508 e. The van der Waals surface area contributed by atoms with E-state index in [1.807, 2.05) is 91.0 Å². The van der Waals surface area contributed by atoms with Crippen molar-refractivity contribution in [2.45, 2.75) is 13.8 Å². The van der Waals surface area contributed by atoms with Gasteiger partial charge in [-0.25, -0.2) is 4.79 Å². The summed E-state index contributed by atoms with van der Waals surface area (Å²) >= 11 is 0. The fourth-order valence-electron chi connectivity index (χ4n) is 3.52. The second-order valence-corrected chi connectivity index (χ2v) is 9.67. The molecule has 4 heteroatoms. The Morgan fingerprint density at radius 2 is 1.14 bits per heavy atom. The SMILES string of the molecule is CCOC(=O)C(=C(C)O)[P+](c1ccccc1)(c1ccccc1)c1ccccc1. The molecule has 0 spiro atoms. The van der Waals surface area contributed by atoms with Crippen LogP contribution >= 0.6 is 7.26 Å². The third kappa shape index (κ3) is 3.58. The minimum atomic E-state index is -2.65. The van der Waals surface area contributed by atoms with Gasteiger partial charge in [-0.1, -0.05) is 54.6 Å². The van der Waals surface area contributed by atoms with Crippen LogP contribution in [0.1, 0.15) is 13.8 Å². The molecule has 3 aromatic carbocycles. The average Bonchev–Trinajstić information content (AvgIpc) is 2.73. The van der Waals surface area contributed by atoms with E-state index < -0.39 is 13.2 Å². The van der Waals surface area contributed by atoms with Crippen molar-refractivity contribution in [3.05, 3.63) is 102 Å². The molecule has 0 radical (unpaired) electrons. The summed E-state index contributed by atoms with van der Waals surface area (Å²) in [4.78, 5) is 13.1. The quantitative estimate of drug-likeness (QED) is 0.294. The van der Waals surface area contributed by atoms with Crippen molar-refractivity contribution in [2.75, 3.05) is 6.61 Å². The Morgan fingerprint density at radius 3 is 1.43 bits per heavy atom. The van der Waals surface area contributed by atoms with Crippen LogP contribution in [0.3, 0.4) is 0 Å². The first-order chi connectivity index (χ1) is 13.6. The monoisotopic (exact) mass is 391 g/mol. The number of carbonyl (C=O) groups excluding carboxylic acids is 1. The van der Waals surface area contributed by atoms with E-state index in [2.05, 4.69) is 0 Å². The van der Waals surface area contributed by atoms with E-state index in [0.717, 1.165) is 15.9 Å². The summed E-state index contributed by atoms with van der Waals surface area (Å²) in [6.45, 7) is 3.58. The number of rotatable bonds is 6. The number of allylic oxidation sites excluding steroid dienone is 1. The zero-order chi connectivity index (χ0) is 20.0. The molecule has 0 saturated carbocycles. The Kier molecular flexibility index (Phi) is 6.28. The van der Waals surface area contributed by atoms with Gasteiger partial charge in [-0.2, -0.15) is 0 Å². The van der Waals surface area contributed by atoms with Crippen LogP contribution in [0.5, 0.6) is 0 Å². The number of carbonyl (C=O) groups is 1. The number of aliphatic hydroxyl groups is 1. The van der Waals surface area contributed by atoms with Crippen molar-refractivity contribution >= 4 is 29.1 Å². The first kappa shape index (κ1) is 19.9. The van der Waals surface area contributed by atoms with Crippen molar-refractivity contribution < 1.29 is 14.6 Å². The maximum absolute atomic E-state index is 13.1. The molecule has 0 aliphatic rings. The van der Waals surface area contributed by atoms with E-state index in [9.17, 15) is 9.90 Å². The van der Waals surface area contributed by atoms with Gasteiger partial charge in [-0.3, -0.25) is 0 Å².